The monoisotopic (exact) mass is 434 g/mol. The minimum atomic E-state index is -0.149. The van der Waals surface area contributed by atoms with Gasteiger partial charge in [0, 0.05) is 26.1 Å². The van der Waals surface area contributed by atoms with Crippen molar-refractivity contribution in [2.24, 2.45) is 0 Å². The lowest BCUT2D eigenvalue weighted by Gasteiger charge is -2.31. The maximum atomic E-state index is 12.9. The molecule has 0 bridgehead atoms. The number of ether oxygens (including phenoxy) is 2. The molecule has 1 amide bonds. The summed E-state index contributed by atoms with van der Waals surface area (Å²) in [6, 6.07) is 10.9. The highest BCUT2D eigenvalue weighted by atomic mass is 16.5. The molecule has 2 aliphatic heterocycles. The van der Waals surface area contributed by atoms with Crippen LogP contribution in [0.15, 0.2) is 47.1 Å². The van der Waals surface area contributed by atoms with Crippen molar-refractivity contribution >= 4 is 11.9 Å². The molecule has 4 heterocycles. The predicted molar refractivity (Wildman–Crippen MR) is 118 cm³/mol. The molecular formula is C24H26N4O4. The molecule has 0 radical (unpaired) electrons. The quantitative estimate of drug-likeness (QED) is 0.599. The first-order valence-corrected chi connectivity index (χ1v) is 11.0. The third-order valence-corrected chi connectivity index (χ3v) is 5.94. The number of rotatable bonds is 5. The van der Waals surface area contributed by atoms with Gasteiger partial charge in [0.1, 0.15) is 0 Å². The van der Waals surface area contributed by atoms with E-state index >= 15 is 0 Å². The lowest BCUT2D eigenvalue weighted by Crippen LogP contribution is -2.37. The smallest absolute Gasteiger partial charge is 0.289 e. The number of furan rings is 1. The molecule has 8 heteroatoms. The van der Waals surface area contributed by atoms with Gasteiger partial charge in [-0.15, -0.1) is 0 Å². The fourth-order valence-corrected chi connectivity index (χ4v) is 4.23. The number of fused-ring (bicyclic) bond motifs is 1. The number of carbonyl (C=O) groups excluding carboxylic acids is 1. The fourth-order valence-electron chi connectivity index (χ4n) is 4.23. The molecule has 0 N–H and O–H groups in total. The molecule has 0 aliphatic carbocycles. The molecule has 0 atom stereocenters. The average molecular weight is 434 g/mol. The van der Waals surface area contributed by atoms with Crippen LogP contribution < -0.4 is 14.4 Å². The van der Waals surface area contributed by atoms with E-state index in [4.69, 9.17) is 23.9 Å². The largest absolute Gasteiger partial charge is 0.493 e. The standard InChI is InChI=1S/C24H26N4O4/c1-30-19-8-3-4-9-20(19)32-22-17-16-28(23(29)21-10-7-15-31-21)14-11-18(17)25-24(26-22)27-12-5-2-6-13-27/h3-4,7-10,15H,2,5-6,11-14,16H2,1H3. The molecule has 0 saturated carbocycles. The molecule has 1 saturated heterocycles. The van der Waals surface area contributed by atoms with Crippen molar-refractivity contribution in [2.45, 2.75) is 32.2 Å². The Balaban J connectivity index is 1.51. The van der Waals surface area contributed by atoms with E-state index < -0.39 is 0 Å². The number of piperidine rings is 1. The number of benzene rings is 1. The van der Waals surface area contributed by atoms with Gasteiger partial charge in [0.25, 0.3) is 5.91 Å². The number of hydrogen-bond acceptors (Lipinski definition) is 7. The molecule has 0 spiro atoms. The van der Waals surface area contributed by atoms with Gasteiger partial charge < -0.3 is 23.7 Å². The number of hydrogen-bond donors (Lipinski definition) is 0. The van der Waals surface area contributed by atoms with E-state index in [2.05, 4.69) is 4.90 Å². The van der Waals surface area contributed by atoms with Gasteiger partial charge in [-0.25, -0.2) is 4.98 Å². The summed E-state index contributed by atoms with van der Waals surface area (Å²) >= 11 is 0. The van der Waals surface area contributed by atoms with Gasteiger partial charge in [-0.1, -0.05) is 12.1 Å². The normalized spacial score (nSPS) is 15.9. The maximum absolute atomic E-state index is 12.9. The molecule has 32 heavy (non-hydrogen) atoms. The van der Waals surface area contributed by atoms with E-state index in [0.29, 0.717) is 48.6 Å². The van der Waals surface area contributed by atoms with Crippen LogP contribution in [0.25, 0.3) is 0 Å². The molecule has 8 nitrogen and oxygen atoms in total. The van der Waals surface area contributed by atoms with Crippen LogP contribution in [0.4, 0.5) is 5.95 Å². The molecule has 1 aromatic carbocycles. The van der Waals surface area contributed by atoms with E-state index in [-0.39, 0.29) is 5.91 Å². The van der Waals surface area contributed by atoms with Crippen LogP contribution in [-0.4, -0.2) is 47.5 Å². The van der Waals surface area contributed by atoms with Gasteiger partial charge >= 0.3 is 0 Å². The number of nitrogens with zero attached hydrogens (tertiary/aromatic N) is 4. The van der Waals surface area contributed by atoms with Crippen LogP contribution in [0.1, 0.15) is 41.1 Å². The second-order valence-corrected chi connectivity index (χ2v) is 8.01. The third-order valence-electron chi connectivity index (χ3n) is 5.94. The highest BCUT2D eigenvalue weighted by Gasteiger charge is 2.29. The predicted octanol–water partition coefficient (Wildman–Crippen LogP) is 4.06. The lowest BCUT2D eigenvalue weighted by molar-refractivity contribution is 0.0699. The number of anilines is 1. The van der Waals surface area contributed by atoms with Crippen LogP contribution in [0, 0.1) is 0 Å². The number of aromatic nitrogens is 2. The molecule has 0 unspecified atom stereocenters. The maximum Gasteiger partial charge on any atom is 0.289 e. The average Bonchev–Trinajstić information content (AvgIpc) is 3.39. The molecule has 1 fully saturated rings. The molecule has 3 aromatic rings. The Bertz CT molecular complexity index is 1090. The Kier molecular flexibility index (Phi) is 5.66. The van der Waals surface area contributed by atoms with Gasteiger partial charge in [0.05, 0.1) is 31.2 Å². The van der Waals surface area contributed by atoms with Crippen molar-refractivity contribution in [3.8, 4) is 17.4 Å². The first kappa shape index (κ1) is 20.4. The Morgan fingerprint density at radius 1 is 1.00 bits per heavy atom. The Morgan fingerprint density at radius 2 is 1.81 bits per heavy atom. The first-order valence-electron chi connectivity index (χ1n) is 11.0. The Hall–Kier alpha value is -3.55. The second kappa shape index (κ2) is 8.90. The summed E-state index contributed by atoms with van der Waals surface area (Å²) in [5.41, 5.74) is 1.75. The van der Waals surface area contributed by atoms with E-state index in [1.807, 2.05) is 24.3 Å². The number of amides is 1. The van der Waals surface area contributed by atoms with Crippen molar-refractivity contribution in [3.63, 3.8) is 0 Å². The van der Waals surface area contributed by atoms with E-state index in [1.54, 1.807) is 24.1 Å². The first-order chi connectivity index (χ1) is 15.7. The van der Waals surface area contributed by atoms with E-state index in [0.717, 1.165) is 37.2 Å². The van der Waals surface area contributed by atoms with Crippen molar-refractivity contribution < 1.29 is 18.7 Å². The summed E-state index contributed by atoms with van der Waals surface area (Å²) in [5.74, 6) is 2.54. The topological polar surface area (TPSA) is 80.9 Å². The van der Waals surface area contributed by atoms with E-state index in [9.17, 15) is 4.79 Å². The van der Waals surface area contributed by atoms with Gasteiger partial charge in [0.15, 0.2) is 17.3 Å². The number of methoxy groups -OCH3 is 1. The summed E-state index contributed by atoms with van der Waals surface area (Å²) in [6.07, 6.45) is 5.64. The minimum Gasteiger partial charge on any atom is -0.493 e. The zero-order valence-electron chi connectivity index (χ0n) is 18.1. The van der Waals surface area contributed by atoms with Crippen LogP contribution in [0.3, 0.4) is 0 Å². The van der Waals surface area contributed by atoms with Gasteiger partial charge in [-0.3, -0.25) is 4.79 Å². The van der Waals surface area contributed by atoms with Crippen molar-refractivity contribution in [1.29, 1.82) is 0 Å². The zero-order valence-corrected chi connectivity index (χ0v) is 18.1. The molecular weight excluding hydrogens is 408 g/mol. The van der Waals surface area contributed by atoms with Crippen LogP contribution in [0.2, 0.25) is 0 Å². The second-order valence-electron chi connectivity index (χ2n) is 8.01. The van der Waals surface area contributed by atoms with Crippen LogP contribution in [0.5, 0.6) is 17.4 Å². The zero-order chi connectivity index (χ0) is 21.9. The summed E-state index contributed by atoms with van der Waals surface area (Å²) in [6.45, 7) is 2.81. The van der Waals surface area contributed by atoms with Crippen molar-refractivity contribution in [1.82, 2.24) is 14.9 Å². The summed E-state index contributed by atoms with van der Waals surface area (Å²) < 4.78 is 17.1. The van der Waals surface area contributed by atoms with Gasteiger partial charge in [0.2, 0.25) is 11.8 Å². The Morgan fingerprint density at radius 3 is 2.56 bits per heavy atom. The summed E-state index contributed by atoms with van der Waals surface area (Å²) in [7, 11) is 1.61. The van der Waals surface area contributed by atoms with Gasteiger partial charge in [-0.05, 0) is 43.5 Å². The number of carbonyl (C=O) groups is 1. The van der Waals surface area contributed by atoms with Crippen molar-refractivity contribution in [2.75, 3.05) is 31.6 Å². The molecule has 2 aliphatic rings. The van der Waals surface area contributed by atoms with Crippen LogP contribution >= 0.6 is 0 Å². The molecule has 5 rings (SSSR count). The summed E-state index contributed by atoms with van der Waals surface area (Å²) in [5, 5.41) is 0. The lowest BCUT2D eigenvalue weighted by atomic mass is 10.1. The minimum absolute atomic E-state index is 0.149. The molecule has 2 aromatic heterocycles. The summed E-state index contributed by atoms with van der Waals surface area (Å²) in [4.78, 5) is 26.5. The van der Waals surface area contributed by atoms with Crippen molar-refractivity contribution in [3.05, 3.63) is 59.7 Å². The molecule has 166 valence electrons. The van der Waals surface area contributed by atoms with Crippen LogP contribution in [-0.2, 0) is 13.0 Å². The fraction of sp³-hybridized carbons (Fsp3) is 0.375. The third kappa shape index (κ3) is 4.00. The van der Waals surface area contributed by atoms with Gasteiger partial charge in [-0.2, -0.15) is 4.98 Å². The SMILES string of the molecule is COc1ccccc1Oc1nc(N2CCCCC2)nc2c1CN(C(=O)c1ccco1)CC2. The van der Waals surface area contributed by atoms with E-state index in [1.165, 1.54) is 12.7 Å². The highest BCUT2D eigenvalue weighted by molar-refractivity contribution is 5.91. The highest BCUT2D eigenvalue weighted by Crippen LogP contribution is 2.36. The Labute approximate surface area is 186 Å². The number of para-hydroxylation sites is 2.